The fourth-order valence-electron chi connectivity index (χ4n) is 3.20. The normalized spacial score (nSPS) is 15.2. The van der Waals surface area contributed by atoms with Gasteiger partial charge in [-0.1, -0.05) is 17.7 Å². The van der Waals surface area contributed by atoms with Gasteiger partial charge in [-0.15, -0.1) is 0 Å². The van der Waals surface area contributed by atoms with Gasteiger partial charge in [0.05, 0.1) is 12.0 Å². The predicted octanol–water partition coefficient (Wildman–Crippen LogP) is 4.30. The highest BCUT2D eigenvalue weighted by Crippen LogP contribution is 2.33. The molecule has 0 saturated carbocycles. The maximum absolute atomic E-state index is 12.7. The van der Waals surface area contributed by atoms with Crippen LogP contribution in [0.2, 0.25) is 0 Å². The zero-order chi connectivity index (χ0) is 21.1. The molecule has 1 saturated heterocycles. The summed E-state index contributed by atoms with van der Waals surface area (Å²) >= 11 is 0.853. The maximum atomic E-state index is 12.7. The molecule has 2 aromatic rings. The summed E-state index contributed by atoms with van der Waals surface area (Å²) in [6.07, 6.45) is 1.73. The highest BCUT2D eigenvalue weighted by Gasteiger charge is 2.36. The first kappa shape index (κ1) is 20.7. The predicted molar refractivity (Wildman–Crippen MR) is 115 cm³/mol. The number of aryl methyl sites for hydroxylation is 3. The lowest BCUT2D eigenvalue weighted by Crippen LogP contribution is -2.36. The van der Waals surface area contributed by atoms with Crippen LogP contribution < -0.4 is 10.1 Å². The molecule has 29 heavy (non-hydrogen) atoms. The van der Waals surface area contributed by atoms with Crippen molar-refractivity contribution in [3.8, 4) is 5.75 Å². The molecule has 3 rings (SSSR count). The van der Waals surface area contributed by atoms with Crippen LogP contribution in [-0.4, -0.2) is 35.6 Å². The SMILES string of the molecule is COc1ccc(NC(=O)CN2C(=O)S/C(=C/c3c(C)cc(C)cc3C)C2=O)cc1. The third-order valence-corrected chi connectivity index (χ3v) is 5.47. The third-order valence-electron chi connectivity index (χ3n) is 4.56. The van der Waals surface area contributed by atoms with Crippen LogP contribution >= 0.6 is 11.8 Å². The van der Waals surface area contributed by atoms with Gasteiger partial charge < -0.3 is 10.1 Å². The minimum Gasteiger partial charge on any atom is -0.497 e. The summed E-state index contributed by atoms with van der Waals surface area (Å²) in [5.74, 6) is -0.230. The number of carbonyl (C=O) groups is 3. The molecular formula is C22H22N2O4S. The maximum Gasteiger partial charge on any atom is 0.294 e. The fraction of sp³-hybridized carbons (Fsp3) is 0.227. The minimum absolute atomic E-state index is 0.322. The van der Waals surface area contributed by atoms with Crippen LogP contribution in [0.4, 0.5) is 10.5 Å². The van der Waals surface area contributed by atoms with Crippen molar-refractivity contribution < 1.29 is 19.1 Å². The Hall–Kier alpha value is -3.06. The van der Waals surface area contributed by atoms with Crippen molar-refractivity contribution in [3.05, 3.63) is 63.6 Å². The zero-order valence-electron chi connectivity index (χ0n) is 16.7. The van der Waals surface area contributed by atoms with Crippen molar-refractivity contribution >= 4 is 40.6 Å². The van der Waals surface area contributed by atoms with Crippen molar-refractivity contribution in [2.24, 2.45) is 0 Å². The Balaban J connectivity index is 1.72. The number of ether oxygens (including phenoxy) is 1. The van der Waals surface area contributed by atoms with Crippen LogP contribution in [0, 0.1) is 20.8 Å². The number of thioether (sulfide) groups is 1. The molecule has 0 aliphatic carbocycles. The molecule has 7 heteroatoms. The largest absolute Gasteiger partial charge is 0.497 e. The van der Waals surface area contributed by atoms with Crippen LogP contribution in [0.5, 0.6) is 5.75 Å². The van der Waals surface area contributed by atoms with Crippen molar-refractivity contribution in [1.29, 1.82) is 0 Å². The van der Waals surface area contributed by atoms with Crippen LogP contribution in [0.1, 0.15) is 22.3 Å². The van der Waals surface area contributed by atoms with Crippen LogP contribution in [0.3, 0.4) is 0 Å². The first-order valence-electron chi connectivity index (χ1n) is 9.05. The fourth-order valence-corrected chi connectivity index (χ4v) is 4.02. The van der Waals surface area contributed by atoms with Gasteiger partial charge in [0.25, 0.3) is 11.1 Å². The summed E-state index contributed by atoms with van der Waals surface area (Å²) in [5, 5.41) is 2.23. The van der Waals surface area contributed by atoms with E-state index in [9.17, 15) is 14.4 Å². The van der Waals surface area contributed by atoms with E-state index in [1.165, 1.54) is 0 Å². The van der Waals surface area contributed by atoms with Crippen molar-refractivity contribution in [2.75, 3.05) is 19.0 Å². The van der Waals surface area contributed by atoms with Gasteiger partial charge in [-0.3, -0.25) is 19.3 Å². The van der Waals surface area contributed by atoms with E-state index in [4.69, 9.17) is 4.74 Å². The molecule has 0 atom stereocenters. The minimum atomic E-state index is -0.454. The van der Waals surface area contributed by atoms with Gasteiger partial charge in [-0.2, -0.15) is 0 Å². The number of carbonyl (C=O) groups excluding carboxylic acids is 3. The highest BCUT2D eigenvalue weighted by molar-refractivity contribution is 8.18. The van der Waals surface area contributed by atoms with Gasteiger partial charge in [0.1, 0.15) is 12.3 Å². The summed E-state index contributed by atoms with van der Waals surface area (Å²) in [6, 6.07) is 10.9. The summed E-state index contributed by atoms with van der Waals surface area (Å²) < 4.78 is 5.07. The van der Waals surface area contributed by atoms with Gasteiger partial charge in [-0.05, 0) is 79.6 Å². The number of nitrogens with one attached hydrogen (secondary N) is 1. The smallest absolute Gasteiger partial charge is 0.294 e. The van der Waals surface area contributed by atoms with Gasteiger partial charge in [-0.25, -0.2) is 0 Å². The Morgan fingerprint density at radius 3 is 2.31 bits per heavy atom. The van der Waals surface area contributed by atoms with Gasteiger partial charge in [0.2, 0.25) is 5.91 Å². The van der Waals surface area contributed by atoms with E-state index in [-0.39, 0.29) is 6.54 Å². The highest BCUT2D eigenvalue weighted by atomic mass is 32.2. The Bertz CT molecular complexity index is 989. The molecule has 1 aliphatic heterocycles. The van der Waals surface area contributed by atoms with Crippen LogP contribution in [0.25, 0.3) is 6.08 Å². The number of benzene rings is 2. The molecule has 1 aliphatic rings. The molecule has 6 nitrogen and oxygen atoms in total. The second-order valence-corrected chi connectivity index (χ2v) is 7.85. The summed E-state index contributed by atoms with van der Waals surface area (Å²) in [4.78, 5) is 38.6. The molecule has 1 fully saturated rings. The van der Waals surface area contributed by atoms with Gasteiger partial charge in [0.15, 0.2) is 0 Å². The van der Waals surface area contributed by atoms with E-state index in [1.807, 2.05) is 32.9 Å². The van der Waals surface area contributed by atoms with Gasteiger partial charge in [0, 0.05) is 5.69 Å². The quantitative estimate of drug-likeness (QED) is 0.744. The molecule has 150 valence electrons. The first-order chi connectivity index (χ1) is 13.8. The Labute approximate surface area is 173 Å². The second-order valence-electron chi connectivity index (χ2n) is 6.86. The van der Waals surface area contributed by atoms with E-state index < -0.39 is 17.1 Å². The average molecular weight is 410 g/mol. The Morgan fingerprint density at radius 2 is 1.72 bits per heavy atom. The lowest BCUT2D eigenvalue weighted by Gasteiger charge is -2.13. The average Bonchev–Trinajstić information content (AvgIpc) is 2.92. The topological polar surface area (TPSA) is 75.7 Å². The van der Waals surface area contributed by atoms with Crippen LogP contribution in [0.15, 0.2) is 41.3 Å². The van der Waals surface area contributed by atoms with Crippen molar-refractivity contribution in [3.63, 3.8) is 0 Å². The van der Waals surface area contributed by atoms with E-state index in [2.05, 4.69) is 5.32 Å². The second kappa shape index (κ2) is 8.53. The molecule has 1 N–H and O–H groups in total. The standard InChI is InChI=1S/C22H22N2O4S/c1-13-9-14(2)18(15(3)10-13)11-19-21(26)24(22(27)29-19)12-20(25)23-16-5-7-17(28-4)8-6-16/h5-11H,12H2,1-4H3,(H,23,25)/b19-11+. The zero-order valence-corrected chi connectivity index (χ0v) is 17.6. The van der Waals surface area contributed by atoms with E-state index in [1.54, 1.807) is 37.5 Å². The molecular weight excluding hydrogens is 388 g/mol. The number of hydrogen-bond donors (Lipinski definition) is 1. The molecule has 1 heterocycles. The molecule has 0 bridgehead atoms. The molecule has 0 unspecified atom stereocenters. The van der Waals surface area contributed by atoms with E-state index in [0.717, 1.165) is 38.9 Å². The molecule has 0 spiro atoms. The summed E-state index contributed by atoms with van der Waals surface area (Å²) in [7, 11) is 1.56. The molecule has 3 amide bonds. The monoisotopic (exact) mass is 410 g/mol. The molecule has 0 aromatic heterocycles. The lowest BCUT2D eigenvalue weighted by atomic mass is 9.99. The number of amides is 3. The van der Waals surface area contributed by atoms with E-state index >= 15 is 0 Å². The van der Waals surface area contributed by atoms with Crippen LogP contribution in [-0.2, 0) is 9.59 Å². The number of hydrogen-bond acceptors (Lipinski definition) is 5. The number of anilines is 1. The lowest BCUT2D eigenvalue weighted by molar-refractivity contribution is -0.127. The third kappa shape index (κ3) is 4.68. The van der Waals surface area contributed by atoms with Gasteiger partial charge >= 0.3 is 0 Å². The number of rotatable bonds is 5. The van der Waals surface area contributed by atoms with E-state index in [0.29, 0.717) is 16.3 Å². The summed E-state index contributed by atoms with van der Waals surface area (Å²) in [6.45, 7) is 5.62. The number of methoxy groups -OCH3 is 1. The number of nitrogens with zero attached hydrogens (tertiary/aromatic N) is 1. The summed E-state index contributed by atoms with van der Waals surface area (Å²) in [5.41, 5.74) is 4.69. The molecule has 0 radical (unpaired) electrons. The Morgan fingerprint density at radius 1 is 1.10 bits per heavy atom. The number of imide groups is 1. The Kier molecular flexibility index (Phi) is 6.08. The first-order valence-corrected chi connectivity index (χ1v) is 9.87. The van der Waals surface area contributed by atoms with Crippen molar-refractivity contribution in [1.82, 2.24) is 4.90 Å². The van der Waals surface area contributed by atoms with Crippen molar-refractivity contribution in [2.45, 2.75) is 20.8 Å². The molecule has 2 aromatic carbocycles.